The van der Waals surface area contributed by atoms with Crippen molar-refractivity contribution in [3.8, 4) is 5.75 Å². The van der Waals surface area contributed by atoms with E-state index in [0.717, 1.165) is 23.4 Å². The number of pyridine rings is 1. The van der Waals surface area contributed by atoms with Crippen LogP contribution in [0, 0.1) is 5.41 Å². The molecule has 1 aromatic carbocycles. The summed E-state index contributed by atoms with van der Waals surface area (Å²) in [7, 11) is 1.61. The minimum atomic E-state index is -0.473. The van der Waals surface area contributed by atoms with Crippen LogP contribution in [0.4, 0.5) is 5.82 Å². The third-order valence-corrected chi connectivity index (χ3v) is 5.82. The number of Topliss-reactive ketones (excluding diaryl/α,β-unsaturated/α-hetero) is 1. The Balaban J connectivity index is 1.83. The summed E-state index contributed by atoms with van der Waals surface area (Å²) >= 11 is 0. The minimum Gasteiger partial charge on any atom is -0.497 e. The number of hydrogen-bond donors (Lipinski definition) is 2. The summed E-state index contributed by atoms with van der Waals surface area (Å²) in [4.78, 5) is 30.9. The molecule has 1 amide bonds. The summed E-state index contributed by atoms with van der Waals surface area (Å²) < 4.78 is 5.42. The van der Waals surface area contributed by atoms with Crippen LogP contribution in [-0.4, -0.2) is 23.8 Å². The maximum absolute atomic E-state index is 13.4. The third-order valence-electron chi connectivity index (χ3n) is 5.82. The Morgan fingerprint density at radius 2 is 2.00 bits per heavy atom. The number of methoxy groups -OCH3 is 1. The van der Waals surface area contributed by atoms with Gasteiger partial charge in [0.1, 0.15) is 11.6 Å². The van der Waals surface area contributed by atoms with Crippen LogP contribution in [0.3, 0.4) is 0 Å². The number of anilines is 1. The first-order valence-corrected chi connectivity index (χ1v) is 10.4. The molecule has 31 heavy (non-hydrogen) atoms. The monoisotopic (exact) mass is 417 g/mol. The number of ether oxygens (including phenoxy) is 1. The normalized spacial score (nSPS) is 20.1. The number of rotatable bonds is 4. The molecule has 0 bridgehead atoms. The second-order valence-corrected chi connectivity index (χ2v) is 8.88. The molecule has 0 fully saturated rings. The quantitative estimate of drug-likeness (QED) is 0.774. The maximum Gasteiger partial charge on any atom is 0.255 e. The molecule has 160 valence electrons. The topological polar surface area (TPSA) is 80.3 Å². The van der Waals surface area contributed by atoms with Crippen molar-refractivity contribution in [2.75, 3.05) is 12.4 Å². The highest BCUT2D eigenvalue weighted by atomic mass is 16.5. The van der Waals surface area contributed by atoms with Crippen molar-refractivity contribution in [3.63, 3.8) is 0 Å². The van der Waals surface area contributed by atoms with Crippen molar-refractivity contribution in [2.24, 2.45) is 5.41 Å². The second-order valence-electron chi connectivity index (χ2n) is 8.88. The van der Waals surface area contributed by atoms with Gasteiger partial charge >= 0.3 is 0 Å². The van der Waals surface area contributed by atoms with Crippen molar-refractivity contribution < 1.29 is 14.3 Å². The van der Waals surface area contributed by atoms with Crippen LogP contribution in [-0.2, 0) is 9.59 Å². The molecule has 1 unspecified atom stereocenters. The van der Waals surface area contributed by atoms with E-state index in [0.29, 0.717) is 29.1 Å². The summed E-state index contributed by atoms with van der Waals surface area (Å²) in [5.74, 6) is 0.471. The molecule has 2 aromatic rings. The lowest BCUT2D eigenvalue weighted by Crippen LogP contribution is -2.39. The molecule has 2 heterocycles. The first-order valence-electron chi connectivity index (χ1n) is 10.4. The van der Waals surface area contributed by atoms with E-state index in [1.165, 1.54) is 0 Å². The lowest BCUT2D eigenvalue weighted by atomic mass is 9.68. The van der Waals surface area contributed by atoms with Crippen LogP contribution in [0.1, 0.15) is 45.1 Å². The molecule has 1 aromatic heterocycles. The van der Waals surface area contributed by atoms with Crippen LogP contribution in [0.15, 0.2) is 71.2 Å². The molecule has 0 radical (unpaired) electrons. The lowest BCUT2D eigenvalue weighted by Gasteiger charge is -2.39. The van der Waals surface area contributed by atoms with Gasteiger partial charge in [0.2, 0.25) is 0 Å². The van der Waals surface area contributed by atoms with Crippen LogP contribution in [0.2, 0.25) is 0 Å². The van der Waals surface area contributed by atoms with Gasteiger partial charge in [0.25, 0.3) is 5.91 Å². The number of allylic oxidation sites excluding steroid dienone is 3. The van der Waals surface area contributed by atoms with E-state index in [1.54, 1.807) is 25.4 Å². The third kappa shape index (κ3) is 4.10. The van der Waals surface area contributed by atoms with Crippen molar-refractivity contribution in [1.82, 2.24) is 10.3 Å². The SMILES string of the molecule is COc1cccc(C2C(C(=O)Nc3ccccn3)=C(C)NC3=C2C(=O)CC(C)(C)C3)c1. The van der Waals surface area contributed by atoms with Crippen LogP contribution in [0.25, 0.3) is 0 Å². The van der Waals surface area contributed by atoms with Gasteiger partial charge in [-0.1, -0.05) is 32.0 Å². The zero-order chi connectivity index (χ0) is 22.2. The summed E-state index contributed by atoms with van der Waals surface area (Å²) in [5, 5.41) is 6.26. The van der Waals surface area contributed by atoms with Gasteiger partial charge < -0.3 is 15.4 Å². The molecular weight excluding hydrogens is 390 g/mol. The number of nitrogens with zero attached hydrogens (tertiary/aromatic N) is 1. The van der Waals surface area contributed by atoms with E-state index >= 15 is 0 Å². The van der Waals surface area contributed by atoms with E-state index in [9.17, 15) is 9.59 Å². The van der Waals surface area contributed by atoms with Crippen molar-refractivity contribution in [1.29, 1.82) is 0 Å². The Kier molecular flexibility index (Phi) is 5.39. The second kappa shape index (κ2) is 8.02. The fourth-order valence-electron chi connectivity index (χ4n) is 4.51. The molecular formula is C25H27N3O3. The fraction of sp³-hybridized carbons (Fsp3) is 0.320. The number of nitrogens with one attached hydrogen (secondary N) is 2. The van der Waals surface area contributed by atoms with Gasteiger partial charge in [-0.3, -0.25) is 9.59 Å². The standard InChI is InChI=1S/C25H27N3O3/c1-15-21(24(30)28-20-10-5-6-11-26-20)22(16-8-7-9-17(12-16)31-4)23-18(27-15)13-25(2,3)14-19(23)29/h5-12,22,27H,13-14H2,1-4H3,(H,26,28,30). The number of ketones is 1. The first-order chi connectivity index (χ1) is 14.8. The summed E-state index contributed by atoms with van der Waals surface area (Å²) in [5.41, 5.74) is 3.56. The van der Waals surface area contributed by atoms with Gasteiger partial charge in [0.15, 0.2) is 5.78 Å². The Bertz CT molecular complexity index is 1100. The lowest BCUT2D eigenvalue weighted by molar-refractivity contribution is -0.118. The zero-order valence-electron chi connectivity index (χ0n) is 18.3. The van der Waals surface area contributed by atoms with Crippen LogP contribution in [0.5, 0.6) is 5.75 Å². The maximum atomic E-state index is 13.4. The molecule has 1 atom stereocenters. The fourth-order valence-corrected chi connectivity index (χ4v) is 4.51. The van der Waals surface area contributed by atoms with Gasteiger partial charge in [0, 0.05) is 41.1 Å². The van der Waals surface area contributed by atoms with Gasteiger partial charge in [-0.05, 0) is 48.6 Å². The average Bonchev–Trinajstić information content (AvgIpc) is 2.72. The largest absolute Gasteiger partial charge is 0.497 e. The van der Waals surface area contributed by atoms with Gasteiger partial charge in [-0.2, -0.15) is 0 Å². The highest BCUT2D eigenvalue weighted by molar-refractivity contribution is 6.09. The molecule has 0 saturated carbocycles. The van der Waals surface area contributed by atoms with E-state index in [2.05, 4.69) is 29.5 Å². The van der Waals surface area contributed by atoms with Gasteiger partial charge in [-0.25, -0.2) is 4.98 Å². The minimum absolute atomic E-state index is 0.0715. The molecule has 0 spiro atoms. The van der Waals surface area contributed by atoms with Gasteiger partial charge in [-0.15, -0.1) is 0 Å². The highest BCUT2D eigenvalue weighted by Gasteiger charge is 2.42. The summed E-state index contributed by atoms with van der Waals surface area (Å²) in [6.45, 7) is 6.08. The number of dihydropyridines is 1. The molecule has 6 heteroatoms. The molecule has 2 N–H and O–H groups in total. The molecule has 1 aliphatic carbocycles. The smallest absolute Gasteiger partial charge is 0.255 e. The number of amides is 1. The average molecular weight is 418 g/mol. The van der Waals surface area contributed by atoms with Crippen molar-refractivity contribution >= 4 is 17.5 Å². The molecule has 2 aliphatic rings. The Hall–Kier alpha value is -3.41. The number of carbonyl (C=O) groups excluding carboxylic acids is 2. The Morgan fingerprint density at radius 3 is 2.71 bits per heavy atom. The van der Waals surface area contributed by atoms with Gasteiger partial charge in [0.05, 0.1) is 7.11 Å². The van der Waals surface area contributed by atoms with Crippen molar-refractivity contribution in [3.05, 3.63) is 76.8 Å². The first kappa shape index (κ1) is 20.8. The van der Waals surface area contributed by atoms with Crippen LogP contribution < -0.4 is 15.4 Å². The number of benzene rings is 1. The van der Waals surface area contributed by atoms with Crippen LogP contribution >= 0.6 is 0 Å². The predicted octanol–water partition coefficient (Wildman–Crippen LogP) is 4.33. The summed E-state index contributed by atoms with van der Waals surface area (Å²) in [6, 6.07) is 12.9. The van der Waals surface area contributed by atoms with E-state index < -0.39 is 5.92 Å². The molecule has 4 rings (SSSR count). The van der Waals surface area contributed by atoms with E-state index in [4.69, 9.17) is 4.74 Å². The van der Waals surface area contributed by atoms with Crippen molar-refractivity contribution in [2.45, 2.75) is 39.5 Å². The van der Waals surface area contributed by atoms with E-state index in [-0.39, 0.29) is 17.1 Å². The predicted molar refractivity (Wildman–Crippen MR) is 119 cm³/mol. The number of hydrogen-bond acceptors (Lipinski definition) is 5. The highest BCUT2D eigenvalue weighted by Crippen LogP contribution is 2.47. The molecule has 1 aliphatic heterocycles. The number of carbonyl (C=O) groups is 2. The molecule has 0 saturated heterocycles. The Labute approximate surface area is 182 Å². The number of aromatic nitrogens is 1. The van der Waals surface area contributed by atoms with E-state index in [1.807, 2.05) is 37.3 Å². The zero-order valence-corrected chi connectivity index (χ0v) is 18.3. The Morgan fingerprint density at radius 1 is 1.19 bits per heavy atom. The molecule has 6 nitrogen and oxygen atoms in total. The summed E-state index contributed by atoms with van der Waals surface area (Å²) in [6.07, 6.45) is 2.83.